The van der Waals surface area contributed by atoms with Gasteiger partial charge in [-0.1, -0.05) is 61.2 Å². The molecule has 0 unspecified atom stereocenters. The van der Waals surface area contributed by atoms with E-state index in [9.17, 15) is 4.79 Å². The summed E-state index contributed by atoms with van der Waals surface area (Å²) in [6.45, 7) is 8.51. The molecule has 1 aliphatic rings. The van der Waals surface area contributed by atoms with E-state index in [1.807, 2.05) is 25.2 Å². The van der Waals surface area contributed by atoms with Crippen LogP contribution in [0.1, 0.15) is 30.5 Å². The number of carbonyl (C=O) groups excluding carboxylic acids is 1. The van der Waals surface area contributed by atoms with Gasteiger partial charge in [0.25, 0.3) is 0 Å². The summed E-state index contributed by atoms with van der Waals surface area (Å²) in [6, 6.07) is 14.5. The molecule has 1 aliphatic heterocycles. The van der Waals surface area contributed by atoms with Crippen LogP contribution < -0.4 is 10.2 Å². The molecule has 0 spiro atoms. The van der Waals surface area contributed by atoms with E-state index < -0.39 is 0 Å². The van der Waals surface area contributed by atoms with Crippen LogP contribution in [0, 0.1) is 13.8 Å². The lowest BCUT2D eigenvalue weighted by molar-refractivity contribution is -0.112. The highest BCUT2D eigenvalue weighted by atomic mass is 32.2. The second kappa shape index (κ2) is 8.48. The number of aromatic nitrogens is 2. The number of hydrogen-bond acceptors (Lipinski definition) is 7. The minimum absolute atomic E-state index is 0.0756. The third kappa shape index (κ3) is 4.38. The lowest BCUT2D eigenvalue weighted by Gasteiger charge is -2.23. The molecule has 7 heteroatoms. The van der Waals surface area contributed by atoms with Gasteiger partial charge in [0.15, 0.2) is 10.1 Å². The highest BCUT2D eigenvalue weighted by Gasteiger charge is 2.38. The first-order valence-corrected chi connectivity index (χ1v) is 11.9. The van der Waals surface area contributed by atoms with Gasteiger partial charge in [-0.2, -0.15) is 0 Å². The fourth-order valence-corrected chi connectivity index (χ4v) is 5.44. The number of thioether (sulfide) groups is 1. The fourth-order valence-electron chi connectivity index (χ4n) is 3.85. The Labute approximate surface area is 191 Å². The number of benzene rings is 2. The lowest BCUT2D eigenvalue weighted by atomic mass is 9.83. The summed E-state index contributed by atoms with van der Waals surface area (Å²) < 4.78 is 0.778. The van der Waals surface area contributed by atoms with Gasteiger partial charge in [-0.15, -0.1) is 10.2 Å². The van der Waals surface area contributed by atoms with E-state index in [0.717, 1.165) is 26.5 Å². The number of allylic oxidation sites excluding steroid dienone is 2. The van der Waals surface area contributed by atoms with Crippen LogP contribution in [0.5, 0.6) is 0 Å². The molecule has 1 aromatic heterocycles. The van der Waals surface area contributed by atoms with E-state index in [1.54, 1.807) is 6.08 Å². The second-order valence-corrected chi connectivity index (χ2v) is 10.5. The van der Waals surface area contributed by atoms with Crippen molar-refractivity contribution < 1.29 is 4.79 Å². The molecular formula is C24H26N4OS2. The van der Waals surface area contributed by atoms with Crippen molar-refractivity contribution in [2.75, 3.05) is 23.0 Å². The van der Waals surface area contributed by atoms with Crippen LogP contribution in [0.25, 0.3) is 0 Å². The van der Waals surface area contributed by atoms with Crippen LogP contribution in [0.4, 0.5) is 16.5 Å². The quantitative estimate of drug-likeness (QED) is 0.374. The molecule has 0 radical (unpaired) electrons. The number of fused-ring (bicyclic) bond motifs is 1. The summed E-state index contributed by atoms with van der Waals surface area (Å²) in [5, 5.41) is 12.4. The van der Waals surface area contributed by atoms with Gasteiger partial charge in [-0.25, -0.2) is 0 Å². The molecule has 4 rings (SSSR count). The van der Waals surface area contributed by atoms with Gasteiger partial charge in [-0.3, -0.25) is 4.79 Å². The number of ketones is 1. The van der Waals surface area contributed by atoms with Crippen LogP contribution in [-0.4, -0.2) is 28.8 Å². The zero-order valence-electron chi connectivity index (χ0n) is 18.4. The maximum Gasteiger partial charge on any atom is 0.210 e. The third-order valence-electron chi connectivity index (χ3n) is 5.74. The molecule has 2 heterocycles. The number of aryl methyl sites for hydroxylation is 2. The van der Waals surface area contributed by atoms with Crippen LogP contribution in [0.2, 0.25) is 0 Å². The average molecular weight is 451 g/mol. The van der Waals surface area contributed by atoms with Crippen molar-refractivity contribution in [3.05, 3.63) is 70.9 Å². The second-order valence-electron chi connectivity index (χ2n) is 8.28. The molecule has 0 bridgehead atoms. The van der Waals surface area contributed by atoms with Crippen molar-refractivity contribution in [2.24, 2.45) is 0 Å². The van der Waals surface area contributed by atoms with Crippen LogP contribution in [0.3, 0.4) is 0 Å². The third-order valence-corrected chi connectivity index (χ3v) is 7.74. The fraction of sp³-hybridized carbons (Fsp3) is 0.292. The Morgan fingerprint density at radius 3 is 2.68 bits per heavy atom. The predicted molar refractivity (Wildman–Crippen MR) is 131 cm³/mol. The summed E-state index contributed by atoms with van der Waals surface area (Å²) in [5.74, 6) is 0.411. The largest absolute Gasteiger partial charge is 0.347 e. The van der Waals surface area contributed by atoms with Crippen molar-refractivity contribution in [2.45, 2.75) is 37.4 Å². The molecule has 0 atom stereocenters. The first kappa shape index (κ1) is 21.6. The lowest BCUT2D eigenvalue weighted by Crippen LogP contribution is -2.24. The molecule has 31 heavy (non-hydrogen) atoms. The Morgan fingerprint density at radius 2 is 1.94 bits per heavy atom. The minimum Gasteiger partial charge on any atom is -0.347 e. The summed E-state index contributed by atoms with van der Waals surface area (Å²) in [6.07, 6.45) is 1.78. The van der Waals surface area contributed by atoms with Crippen molar-refractivity contribution in [3.63, 3.8) is 0 Å². The maximum atomic E-state index is 12.7. The average Bonchev–Trinajstić information content (AvgIpc) is 3.26. The minimum atomic E-state index is -0.197. The van der Waals surface area contributed by atoms with Gasteiger partial charge in [0.1, 0.15) is 0 Å². The monoisotopic (exact) mass is 450 g/mol. The first-order chi connectivity index (χ1) is 14.8. The van der Waals surface area contributed by atoms with E-state index in [2.05, 4.69) is 72.4 Å². The molecule has 5 nitrogen and oxygen atoms in total. The standard InChI is InChI=1S/C24H26N4OS2/c1-15-10-11-17(12-16(15)2)25-22-26-27-23(31-22)30-14-18(29)13-21-24(3,4)19-8-6-7-9-20(19)28(21)5/h6-13H,14H2,1-5H3,(H,25,26)/b21-13-. The summed E-state index contributed by atoms with van der Waals surface area (Å²) >= 11 is 2.89. The van der Waals surface area contributed by atoms with Gasteiger partial charge in [0.05, 0.1) is 5.75 Å². The Hall–Kier alpha value is -2.64. The normalized spacial score (nSPS) is 15.9. The molecule has 3 aromatic rings. The van der Waals surface area contributed by atoms with Crippen LogP contribution in [-0.2, 0) is 10.2 Å². The molecule has 0 amide bonds. The molecule has 160 valence electrons. The first-order valence-electron chi connectivity index (χ1n) is 10.1. The topological polar surface area (TPSA) is 58.1 Å². The SMILES string of the molecule is Cc1ccc(Nc2nnc(SCC(=O)/C=C3\N(C)c4ccccc4C3(C)C)s2)cc1C. The highest BCUT2D eigenvalue weighted by molar-refractivity contribution is 8.01. The number of anilines is 3. The number of para-hydroxylation sites is 1. The van der Waals surface area contributed by atoms with E-state index in [0.29, 0.717) is 5.75 Å². The molecule has 0 fully saturated rings. The Kier molecular flexibility index (Phi) is 5.90. The van der Waals surface area contributed by atoms with Crippen molar-refractivity contribution >= 4 is 45.4 Å². The van der Waals surface area contributed by atoms with Gasteiger partial charge in [0, 0.05) is 35.6 Å². The van der Waals surface area contributed by atoms with E-state index in [-0.39, 0.29) is 11.2 Å². The number of nitrogens with one attached hydrogen (secondary N) is 1. The molecule has 0 aliphatic carbocycles. The maximum absolute atomic E-state index is 12.7. The van der Waals surface area contributed by atoms with Crippen molar-refractivity contribution in [1.82, 2.24) is 10.2 Å². The van der Waals surface area contributed by atoms with E-state index in [1.165, 1.54) is 39.8 Å². The summed E-state index contributed by atoms with van der Waals surface area (Å²) in [7, 11) is 2.02. The molecule has 0 saturated heterocycles. The smallest absolute Gasteiger partial charge is 0.210 e. The molecular weight excluding hydrogens is 424 g/mol. The van der Waals surface area contributed by atoms with Crippen molar-refractivity contribution in [3.8, 4) is 0 Å². The predicted octanol–water partition coefficient (Wildman–Crippen LogP) is 5.87. The van der Waals surface area contributed by atoms with Crippen molar-refractivity contribution in [1.29, 1.82) is 0 Å². The summed E-state index contributed by atoms with van der Waals surface area (Å²) in [4.78, 5) is 14.9. The van der Waals surface area contributed by atoms with Gasteiger partial charge >= 0.3 is 0 Å². The zero-order valence-corrected chi connectivity index (χ0v) is 20.0. The van der Waals surface area contributed by atoms with Crippen LogP contribution in [0.15, 0.2) is 58.6 Å². The Bertz CT molecular complexity index is 1170. The van der Waals surface area contributed by atoms with Gasteiger partial charge in [0.2, 0.25) is 5.13 Å². The number of rotatable bonds is 6. The Balaban J connectivity index is 1.40. The molecule has 1 N–H and O–H groups in total. The van der Waals surface area contributed by atoms with Crippen LogP contribution >= 0.6 is 23.1 Å². The number of carbonyl (C=O) groups is 1. The number of likely N-dealkylation sites (N-methyl/N-ethyl adjacent to an activating group) is 1. The molecule has 2 aromatic carbocycles. The zero-order chi connectivity index (χ0) is 22.2. The highest BCUT2D eigenvalue weighted by Crippen LogP contribution is 2.46. The molecule has 0 saturated carbocycles. The summed E-state index contributed by atoms with van der Waals surface area (Å²) in [5.41, 5.74) is 6.70. The van der Waals surface area contributed by atoms with E-state index >= 15 is 0 Å². The Morgan fingerprint density at radius 1 is 1.16 bits per heavy atom. The number of nitrogens with zero attached hydrogens (tertiary/aromatic N) is 3. The van der Waals surface area contributed by atoms with Gasteiger partial charge in [-0.05, 0) is 48.7 Å². The van der Waals surface area contributed by atoms with Gasteiger partial charge < -0.3 is 10.2 Å². The van der Waals surface area contributed by atoms with E-state index in [4.69, 9.17) is 0 Å². The number of hydrogen-bond donors (Lipinski definition) is 1.